The SMILES string of the molecule is CC1CCC(CN2CCCNC2=O)CC1. The molecule has 1 N–H and O–H groups in total. The van der Waals surface area contributed by atoms with Gasteiger partial charge in [0.05, 0.1) is 0 Å². The molecule has 0 aromatic heterocycles. The molecule has 1 aliphatic carbocycles. The molecule has 1 saturated carbocycles. The lowest BCUT2D eigenvalue weighted by Gasteiger charge is -2.33. The van der Waals surface area contributed by atoms with E-state index in [1.54, 1.807) is 0 Å². The lowest BCUT2D eigenvalue weighted by molar-refractivity contribution is 0.161. The summed E-state index contributed by atoms with van der Waals surface area (Å²) in [7, 11) is 0. The lowest BCUT2D eigenvalue weighted by atomic mass is 9.83. The van der Waals surface area contributed by atoms with Gasteiger partial charge >= 0.3 is 6.03 Å². The molecule has 3 nitrogen and oxygen atoms in total. The first kappa shape index (κ1) is 10.8. The van der Waals surface area contributed by atoms with Crippen molar-refractivity contribution >= 4 is 6.03 Å². The van der Waals surface area contributed by atoms with Gasteiger partial charge in [-0.2, -0.15) is 0 Å². The van der Waals surface area contributed by atoms with Gasteiger partial charge in [-0.05, 0) is 31.1 Å². The number of carbonyl (C=O) groups excluding carboxylic acids is 1. The Bertz CT molecular complexity index is 222. The van der Waals surface area contributed by atoms with E-state index in [1.807, 2.05) is 4.90 Å². The zero-order chi connectivity index (χ0) is 10.7. The van der Waals surface area contributed by atoms with Gasteiger partial charge in [-0.15, -0.1) is 0 Å². The molecule has 2 aliphatic rings. The molecule has 0 bridgehead atoms. The number of nitrogens with zero attached hydrogens (tertiary/aromatic N) is 1. The number of hydrogen-bond acceptors (Lipinski definition) is 1. The number of amides is 2. The predicted molar refractivity (Wildman–Crippen MR) is 60.7 cm³/mol. The third-order valence-corrected chi connectivity index (χ3v) is 3.78. The first-order valence-corrected chi connectivity index (χ1v) is 6.28. The van der Waals surface area contributed by atoms with Crippen LogP contribution in [0.25, 0.3) is 0 Å². The molecule has 2 rings (SSSR count). The van der Waals surface area contributed by atoms with Crippen molar-refractivity contribution in [1.29, 1.82) is 0 Å². The van der Waals surface area contributed by atoms with Crippen LogP contribution in [-0.4, -0.2) is 30.6 Å². The molecule has 1 aliphatic heterocycles. The smallest absolute Gasteiger partial charge is 0.317 e. The minimum absolute atomic E-state index is 0.153. The predicted octanol–water partition coefficient (Wildman–Crippen LogP) is 2.23. The summed E-state index contributed by atoms with van der Waals surface area (Å²) in [6, 6.07) is 0.153. The average molecular weight is 210 g/mol. The van der Waals surface area contributed by atoms with Gasteiger partial charge in [0.1, 0.15) is 0 Å². The molecule has 86 valence electrons. The van der Waals surface area contributed by atoms with Gasteiger partial charge in [0, 0.05) is 19.6 Å². The zero-order valence-electron chi connectivity index (χ0n) is 9.67. The van der Waals surface area contributed by atoms with Crippen LogP contribution in [0, 0.1) is 11.8 Å². The molecule has 0 spiro atoms. The molecule has 0 atom stereocenters. The average Bonchev–Trinajstić information content (AvgIpc) is 2.25. The summed E-state index contributed by atoms with van der Waals surface area (Å²) in [5, 5.41) is 2.92. The van der Waals surface area contributed by atoms with Crippen LogP contribution in [0.3, 0.4) is 0 Å². The molecule has 1 saturated heterocycles. The maximum absolute atomic E-state index is 11.5. The van der Waals surface area contributed by atoms with E-state index in [4.69, 9.17) is 0 Å². The highest BCUT2D eigenvalue weighted by Crippen LogP contribution is 2.28. The highest BCUT2D eigenvalue weighted by atomic mass is 16.2. The number of hydrogen-bond donors (Lipinski definition) is 1. The summed E-state index contributed by atoms with van der Waals surface area (Å²) in [5.74, 6) is 1.65. The standard InChI is InChI=1S/C12H22N2O/c1-10-3-5-11(6-4-10)9-14-8-2-7-13-12(14)15/h10-11H,2-9H2,1H3,(H,13,15). The number of urea groups is 1. The van der Waals surface area contributed by atoms with Crippen molar-refractivity contribution in [1.82, 2.24) is 10.2 Å². The third-order valence-electron chi connectivity index (χ3n) is 3.78. The van der Waals surface area contributed by atoms with E-state index in [2.05, 4.69) is 12.2 Å². The fourth-order valence-electron chi connectivity index (χ4n) is 2.68. The number of nitrogens with one attached hydrogen (secondary N) is 1. The van der Waals surface area contributed by atoms with Crippen LogP contribution in [0.2, 0.25) is 0 Å². The molecule has 0 aromatic rings. The Kier molecular flexibility index (Phi) is 3.49. The molecule has 15 heavy (non-hydrogen) atoms. The number of rotatable bonds is 2. The second-order valence-corrected chi connectivity index (χ2v) is 5.16. The summed E-state index contributed by atoms with van der Waals surface area (Å²) in [6.45, 7) is 5.14. The lowest BCUT2D eigenvalue weighted by Crippen LogP contribution is -2.48. The van der Waals surface area contributed by atoms with Crippen LogP contribution < -0.4 is 5.32 Å². The van der Waals surface area contributed by atoms with Gasteiger partial charge in [0.25, 0.3) is 0 Å². The first-order valence-electron chi connectivity index (χ1n) is 6.28. The molecular formula is C12H22N2O. The van der Waals surface area contributed by atoms with Gasteiger partial charge in [-0.25, -0.2) is 4.79 Å². The summed E-state index contributed by atoms with van der Waals surface area (Å²) in [4.78, 5) is 13.6. The van der Waals surface area contributed by atoms with Crippen molar-refractivity contribution in [3.8, 4) is 0 Å². The van der Waals surface area contributed by atoms with E-state index in [0.29, 0.717) is 0 Å². The second-order valence-electron chi connectivity index (χ2n) is 5.16. The van der Waals surface area contributed by atoms with Crippen LogP contribution in [-0.2, 0) is 0 Å². The maximum Gasteiger partial charge on any atom is 0.317 e. The van der Waals surface area contributed by atoms with Crippen molar-refractivity contribution in [2.45, 2.75) is 39.0 Å². The molecule has 0 unspecified atom stereocenters. The first-order chi connectivity index (χ1) is 7.25. The highest BCUT2D eigenvalue weighted by Gasteiger charge is 2.24. The normalized spacial score (nSPS) is 32.6. The third kappa shape index (κ3) is 2.86. The van der Waals surface area contributed by atoms with Gasteiger partial charge in [-0.3, -0.25) is 0 Å². The Morgan fingerprint density at radius 2 is 2.07 bits per heavy atom. The van der Waals surface area contributed by atoms with E-state index >= 15 is 0 Å². The van der Waals surface area contributed by atoms with Crippen LogP contribution >= 0.6 is 0 Å². The van der Waals surface area contributed by atoms with E-state index < -0.39 is 0 Å². The Balaban J connectivity index is 1.78. The van der Waals surface area contributed by atoms with Gasteiger partial charge < -0.3 is 10.2 Å². The quantitative estimate of drug-likeness (QED) is 0.744. The molecule has 1 heterocycles. The van der Waals surface area contributed by atoms with Crippen LogP contribution in [0.4, 0.5) is 4.79 Å². The van der Waals surface area contributed by atoms with Crippen LogP contribution in [0.5, 0.6) is 0 Å². The van der Waals surface area contributed by atoms with Crippen LogP contribution in [0.15, 0.2) is 0 Å². The molecular weight excluding hydrogens is 188 g/mol. The largest absolute Gasteiger partial charge is 0.338 e. The monoisotopic (exact) mass is 210 g/mol. The summed E-state index contributed by atoms with van der Waals surface area (Å²) in [6.07, 6.45) is 6.42. The van der Waals surface area contributed by atoms with Crippen molar-refractivity contribution in [2.24, 2.45) is 11.8 Å². The molecule has 2 fully saturated rings. The fraction of sp³-hybridized carbons (Fsp3) is 0.917. The topological polar surface area (TPSA) is 32.3 Å². The molecule has 2 amide bonds. The van der Waals surface area contributed by atoms with E-state index in [1.165, 1.54) is 25.7 Å². The molecule has 0 aromatic carbocycles. The minimum atomic E-state index is 0.153. The summed E-state index contributed by atoms with van der Waals surface area (Å²) < 4.78 is 0. The van der Waals surface area contributed by atoms with Crippen LogP contribution in [0.1, 0.15) is 39.0 Å². The maximum atomic E-state index is 11.5. The minimum Gasteiger partial charge on any atom is -0.338 e. The summed E-state index contributed by atoms with van der Waals surface area (Å²) >= 11 is 0. The Hall–Kier alpha value is -0.730. The molecule has 3 heteroatoms. The van der Waals surface area contributed by atoms with Gasteiger partial charge in [0.2, 0.25) is 0 Å². The Morgan fingerprint density at radius 3 is 2.73 bits per heavy atom. The van der Waals surface area contributed by atoms with Crippen molar-refractivity contribution < 1.29 is 4.79 Å². The van der Waals surface area contributed by atoms with Gasteiger partial charge in [0.15, 0.2) is 0 Å². The Morgan fingerprint density at radius 1 is 1.33 bits per heavy atom. The van der Waals surface area contributed by atoms with E-state index in [-0.39, 0.29) is 6.03 Å². The van der Waals surface area contributed by atoms with Crippen molar-refractivity contribution in [3.05, 3.63) is 0 Å². The summed E-state index contributed by atoms with van der Waals surface area (Å²) in [5.41, 5.74) is 0. The number of carbonyl (C=O) groups is 1. The second kappa shape index (κ2) is 4.86. The highest BCUT2D eigenvalue weighted by molar-refractivity contribution is 5.74. The fourth-order valence-corrected chi connectivity index (χ4v) is 2.68. The zero-order valence-corrected chi connectivity index (χ0v) is 9.67. The Labute approximate surface area is 92.2 Å². The molecule has 0 radical (unpaired) electrons. The van der Waals surface area contributed by atoms with Gasteiger partial charge in [-0.1, -0.05) is 19.8 Å². The van der Waals surface area contributed by atoms with E-state index in [0.717, 1.165) is 37.9 Å². The van der Waals surface area contributed by atoms with Crippen molar-refractivity contribution in [3.63, 3.8) is 0 Å². The van der Waals surface area contributed by atoms with E-state index in [9.17, 15) is 4.79 Å². The van der Waals surface area contributed by atoms with Crippen molar-refractivity contribution in [2.75, 3.05) is 19.6 Å².